The summed E-state index contributed by atoms with van der Waals surface area (Å²) in [6, 6.07) is 17.4. The van der Waals surface area contributed by atoms with Crippen LogP contribution in [0.15, 0.2) is 59.8 Å². The number of hydrogen-bond acceptors (Lipinski definition) is 7. The summed E-state index contributed by atoms with van der Waals surface area (Å²) in [5, 5.41) is 6.17. The summed E-state index contributed by atoms with van der Waals surface area (Å²) in [5.41, 5.74) is 3.22. The molecule has 0 spiro atoms. The van der Waals surface area contributed by atoms with E-state index in [1.165, 1.54) is 14.2 Å². The number of rotatable bonds is 3. The molecule has 170 valence electrons. The van der Waals surface area contributed by atoms with Gasteiger partial charge in [-0.05, 0) is 24.6 Å². The fourth-order valence-electron chi connectivity index (χ4n) is 5.21. The fraction of sp³-hybridized carbons (Fsp3) is 0.231. The lowest BCUT2D eigenvalue weighted by Gasteiger charge is -2.35. The minimum absolute atomic E-state index is 0.134. The number of nitrogens with zero attached hydrogens (tertiary/aromatic N) is 3. The molecule has 8 heteroatoms. The van der Waals surface area contributed by atoms with Crippen LogP contribution in [0, 0.1) is 12.3 Å². The number of esters is 2. The summed E-state index contributed by atoms with van der Waals surface area (Å²) in [6.45, 7) is 2.25. The molecule has 0 bridgehead atoms. The molecule has 4 heterocycles. The Balaban J connectivity index is 1.69. The van der Waals surface area contributed by atoms with Crippen LogP contribution in [-0.4, -0.2) is 41.4 Å². The largest absolute Gasteiger partial charge is 0.468 e. The van der Waals surface area contributed by atoms with E-state index in [-0.39, 0.29) is 12.2 Å². The van der Waals surface area contributed by atoms with Gasteiger partial charge in [-0.3, -0.25) is 4.79 Å². The van der Waals surface area contributed by atoms with Crippen molar-refractivity contribution < 1.29 is 23.9 Å². The number of ether oxygens (including phenoxy) is 2. The highest BCUT2D eigenvalue weighted by molar-refractivity contribution is 6.25. The van der Waals surface area contributed by atoms with Gasteiger partial charge in [0.2, 0.25) is 0 Å². The molecule has 0 aliphatic carbocycles. The second-order valence-electron chi connectivity index (χ2n) is 8.65. The van der Waals surface area contributed by atoms with E-state index in [2.05, 4.69) is 14.7 Å². The second kappa shape index (κ2) is 7.15. The predicted octanol–water partition coefficient (Wildman–Crippen LogP) is 3.93. The first-order valence-electron chi connectivity index (χ1n) is 10.9. The zero-order chi connectivity index (χ0) is 23.6. The van der Waals surface area contributed by atoms with Crippen molar-refractivity contribution in [2.45, 2.75) is 19.6 Å². The molecule has 0 unspecified atom stereocenters. The van der Waals surface area contributed by atoms with Crippen LogP contribution in [-0.2, 0) is 25.7 Å². The molecule has 34 heavy (non-hydrogen) atoms. The number of carbonyl (C=O) groups excluding carboxylic acids is 2. The zero-order valence-electron chi connectivity index (χ0n) is 18.9. The van der Waals surface area contributed by atoms with Crippen molar-refractivity contribution in [3.8, 4) is 0 Å². The van der Waals surface area contributed by atoms with E-state index >= 15 is 0 Å². The monoisotopic (exact) mass is 455 g/mol. The summed E-state index contributed by atoms with van der Waals surface area (Å²) < 4.78 is 12.3. The average molecular weight is 455 g/mol. The van der Waals surface area contributed by atoms with Crippen LogP contribution in [0.4, 0.5) is 0 Å². The van der Waals surface area contributed by atoms with Gasteiger partial charge in [-0.1, -0.05) is 53.2 Å². The minimum atomic E-state index is -1.28. The SMILES string of the molecule is COC(=O)c1cc2c3ccccc3n3c2c(n1)C1=NO[C@@H](c2ccc(C)cc2)[C@]1(C(=O)OC)C3. The number of aromatic nitrogens is 2. The average Bonchev–Trinajstić information content (AvgIpc) is 3.42. The van der Waals surface area contributed by atoms with E-state index in [9.17, 15) is 9.59 Å². The Labute approximate surface area is 194 Å². The van der Waals surface area contributed by atoms with E-state index in [0.717, 1.165) is 32.9 Å². The molecule has 2 atom stereocenters. The fourth-order valence-corrected chi connectivity index (χ4v) is 5.21. The van der Waals surface area contributed by atoms with E-state index in [1.807, 2.05) is 55.5 Å². The molecule has 0 fully saturated rings. The quantitative estimate of drug-likeness (QED) is 0.435. The molecule has 6 rings (SSSR count). The van der Waals surface area contributed by atoms with Gasteiger partial charge in [0.05, 0.1) is 19.7 Å². The van der Waals surface area contributed by atoms with Gasteiger partial charge in [-0.25, -0.2) is 9.78 Å². The topological polar surface area (TPSA) is 92.0 Å². The van der Waals surface area contributed by atoms with Crippen LogP contribution < -0.4 is 0 Å². The molecule has 0 saturated carbocycles. The van der Waals surface area contributed by atoms with Crippen LogP contribution in [0.5, 0.6) is 0 Å². The number of pyridine rings is 1. The number of hydrogen-bond donors (Lipinski definition) is 0. The van der Waals surface area contributed by atoms with Crippen LogP contribution in [0.1, 0.15) is 33.4 Å². The highest BCUT2D eigenvalue weighted by atomic mass is 16.6. The summed E-state index contributed by atoms with van der Waals surface area (Å²) in [5.74, 6) is -1.05. The van der Waals surface area contributed by atoms with Crippen molar-refractivity contribution in [3.05, 3.63) is 77.1 Å². The van der Waals surface area contributed by atoms with E-state index in [1.54, 1.807) is 6.07 Å². The van der Waals surface area contributed by atoms with Gasteiger partial charge < -0.3 is 18.9 Å². The van der Waals surface area contributed by atoms with Gasteiger partial charge in [0, 0.05) is 22.8 Å². The van der Waals surface area contributed by atoms with Crippen molar-refractivity contribution in [1.82, 2.24) is 9.55 Å². The third-order valence-corrected chi connectivity index (χ3v) is 6.82. The third kappa shape index (κ3) is 2.53. The standard InChI is InChI=1S/C26H21N3O5/c1-14-8-10-15(11-9-14)23-26(25(31)33-3)13-29-19-7-5-4-6-16(19)17-12-18(24(30)32-2)27-20(21(17)29)22(26)28-34-23/h4-12,23H,13H2,1-3H3/t23-,26-/m0/s1. The number of benzene rings is 2. The Hall–Kier alpha value is -4.20. The molecule has 2 aliphatic heterocycles. The van der Waals surface area contributed by atoms with Crippen molar-refractivity contribution in [3.63, 3.8) is 0 Å². The first-order valence-corrected chi connectivity index (χ1v) is 10.9. The summed E-state index contributed by atoms with van der Waals surface area (Å²) in [4.78, 5) is 36.6. The molecule has 4 aromatic rings. The zero-order valence-corrected chi connectivity index (χ0v) is 18.9. The van der Waals surface area contributed by atoms with Crippen molar-refractivity contribution in [1.29, 1.82) is 0 Å². The van der Waals surface area contributed by atoms with Gasteiger partial charge in [0.25, 0.3) is 0 Å². The third-order valence-electron chi connectivity index (χ3n) is 6.82. The number of methoxy groups -OCH3 is 2. The lowest BCUT2D eigenvalue weighted by molar-refractivity contribution is -0.155. The first-order chi connectivity index (χ1) is 16.5. The Morgan fingerprint density at radius 3 is 2.56 bits per heavy atom. The highest BCUT2D eigenvalue weighted by Gasteiger charge is 2.61. The predicted molar refractivity (Wildman–Crippen MR) is 125 cm³/mol. The van der Waals surface area contributed by atoms with Crippen LogP contribution >= 0.6 is 0 Å². The van der Waals surface area contributed by atoms with Crippen molar-refractivity contribution >= 4 is 39.5 Å². The Bertz CT molecular complexity index is 1540. The van der Waals surface area contributed by atoms with Crippen molar-refractivity contribution in [2.75, 3.05) is 14.2 Å². The maximum Gasteiger partial charge on any atom is 0.356 e. The lowest BCUT2D eigenvalue weighted by atomic mass is 9.72. The van der Waals surface area contributed by atoms with E-state index < -0.39 is 23.5 Å². The molecule has 0 N–H and O–H groups in total. The maximum atomic E-state index is 13.6. The van der Waals surface area contributed by atoms with E-state index in [4.69, 9.17) is 14.3 Å². The highest BCUT2D eigenvalue weighted by Crippen LogP contribution is 2.52. The number of aryl methyl sites for hydroxylation is 1. The molecular formula is C26H21N3O5. The minimum Gasteiger partial charge on any atom is -0.468 e. The van der Waals surface area contributed by atoms with Crippen LogP contribution in [0.3, 0.4) is 0 Å². The summed E-state index contributed by atoms with van der Waals surface area (Å²) in [6.07, 6.45) is -0.719. The van der Waals surface area contributed by atoms with Gasteiger partial charge in [-0.15, -0.1) is 0 Å². The first kappa shape index (κ1) is 20.4. The van der Waals surface area contributed by atoms with Gasteiger partial charge in [0.1, 0.15) is 17.1 Å². The molecular weight excluding hydrogens is 434 g/mol. The lowest BCUT2D eigenvalue weighted by Crippen LogP contribution is -2.48. The number of fused-ring (bicyclic) bond motifs is 5. The van der Waals surface area contributed by atoms with Gasteiger partial charge in [-0.2, -0.15) is 0 Å². The number of oxime groups is 1. The second-order valence-corrected chi connectivity index (χ2v) is 8.65. The summed E-state index contributed by atoms with van der Waals surface area (Å²) >= 11 is 0. The summed E-state index contributed by atoms with van der Waals surface area (Å²) in [7, 11) is 2.67. The molecule has 2 aromatic carbocycles. The molecule has 8 nitrogen and oxygen atoms in total. The van der Waals surface area contributed by atoms with Crippen molar-refractivity contribution in [2.24, 2.45) is 10.6 Å². The van der Waals surface area contributed by atoms with Gasteiger partial charge >= 0.3 is 11.9 Å². The van der Waals surface area contributed by atoms with Crippen LogP contribution in [0.2, 0.25) is 0 Å². The molecule has 0 saturated heterocycles. The molecule has 2 aliphatic rings. The van der Waals surface area contributed by atoms with E-state index in [0.29, 0.717) is 11.4 Å². The van der Waals surface area contributed by atoms with Gasteiger partial charge in [0.15, 0.2) is 11.5 Å². The molecule has 0 radical (unpaired) electrons. The normalized spacial score (nSPS) is 20.6. The van der Waals surface area contributed by atoms with Crippen LogP contribution in [0.25, 0.3) is 21.8 Å². The Morgan fingerprint density at radius 1 is 1.06 bits per heavy atom. The number of carbonyl (C=O) groups is 2. The molecule has 0 amide bonds. The Morgan fingerprint density at radius 2 is 1.82 bits per heavy atom. The smallest absolute Gasteiger partial charge is 0.356 e. The maximum absolute atomic E-state index is 13.6. The number of para-hydroxylation sites is 1. The Kier molecular flexibility index (Phi) is 4.29. The molecule has 2 aromatic heterocycles.